The summed E-state index contributed by atoms with van der Waals surface area (Å²) in [5, 5.41) is 3.64. The molecule has 1 fully saturated rings. The van der Waals surface area contributed by atoms with Gasteiger partial charge in [-0.15, -0.1) is 0 Å². The van der Waals surface area contributed by atoms with Crippen LogP contribution in [0.4, 0.5) is 5.69 Å². The summed E-state index contributed by atoms with van der Waals surface area (Å²) in [5.74, 6) is 0.0851. The van der Waals surface area contributed by atoms with E-state index in [2.05, 4.69) is 19.2 Å². The lowest BCUT2D eigenvalue weighted by atomic mass is 10.0. The Labute approximate surface area is 165 Å². The smallest absolute Gasteiger partial charge is 0.227 e. The summed E-state index contributed by atoms with van der Waals surface area (Å²) in [6.45, 7) is 5.25. The van der Waals surface area contributed by atoms with Crippen molar-refractivity contribution < 1.29 is 9.59 Å². The standard InChI is InChI=1S/C22H25ClN2O2/c1-15(2)17-6-8-20(9-7-17)25-14-18(13-21(25)26)22(27)24-11-10-16-4-3-5-19(23)12-16/h3-9,12,15,18H,10-11,13-14H2,1-2H3,(H,24,27). The first-order valence-corrected chi connectivity index (χ1v) is 9.74. The van der Waals surface area contributed by atoms with Gasteiger partial charge in [0.15, 0.2) is 0 Å². The van der Waals surface area contributed by atoms with Crippen LogP contribution in [0.25, 0.3) is 0 Å². The Morgan fingerprint density at radius 1 is 1.22 bits per heavy atom. The quantitative estimate of drug-likeness (QED) is 0.812. The van der Waals surface area contributed by atoms with Crippen LogP contribution in [0.2, 0.25) is 5.02 Å². The zero-order chi connectivity index (χ0) is 19.4. The van der Waals surface area contributed by atoms with Crippen LogP contribution in [0, 0.1) is 5.92 Å². The number of halogens is 1. The lowest BCUT2D eigenvalue weighted by Gasteiger charge is -2.17. The Bertz CT molecular complexity index is 817. The van der Waals surface area contributed by atoms with Crippen LogP contribution < -0.4 is 10.2 Å². The number of benzene rings is 2. The molecule has 1 unspecified atom stereocenters. The summed E-state index contributed by atoms with van der Waals surface area (Å²) in [6.07, 6.45) is 0.974. The fourth-order valence-electron chi connectivity index (χ4n) is 3.34. The Morgan fingerprint density at radius 2 is 1.96 bits per heavy atom. The zero-order valence-electron chi connectivity index (χ0n) is 15.7. The van der Waals surface area contributed by atoms with Crippen molar-refractivity contribution in [3.05, 3.63) is 64.7 Å². The van der Waals surface area contributed by atoms with Crippen molar-refractivity contribution in [2.24, 2.45) is 5.92 Å². The highest BCUT2D eigenvalue weighted by molar-refractivity contribution is 6.30. The predicted octanol–water partition coefficient (Wildman–Crippen LogP) is 4.18. The predicted molar refractivity (Wildman–Crippen MR) is 109 cm³/mol. The second-order valence-electron chi connectivity index (χ2n) is 7.32. The lowest BCUT2D eigenvalue weighted by molar-refractivity contribution is -0.126. The third-order valence-electron chi connectivity index (χ3n) is 4.97. The molecule has 0 saturated carbocycles. The van der Waals surface area contributed by atoms with Gasteiger partial charge >= 0.3 is 0 Å². The fourth-order valence-corrected chi connectivity index (χ4v) is 3.55. The van der Waals surface area contributed by atoms with Crippen molar-refractivity contribution in [2.75, 3.05) is 18.0 Å². The second kappa shape index (κ2) is 8.57. The minimum Gasteiger partial charge on any atom is -0.355 e. The van der Waals surface area contributed by atoms with Crippen molar-refractivity contribution in [3.8, 4) is 0 Å². The summed E-state index contributed by atoms with van der Waals surface area (Å²) in [7, 11) is 0. The molecule has 2 amide bonds. The topological polar surface area (TPSA) is 49.4 Å². The van der Waals surface area contributed by atoms with E-state index in [9.17, 15) is 9.59 Å². The molecule has 2 aromatic rings. The number of rotatable bonds is 6. The first kappa shape index (κ1) is 19.4. The van der Waals surface area contributed by atoms with Crippen LogP contribution >= 0.6 is 11.6 Å². The van der Waals surface area contributed by atoms with E-state index in [0.717, 1.165) is 11.3 Å². The molecular weight excluding hydrogens is 360 g/mol. The molecule has 1 atom stereocenters. The fraction of sp³-hybridized carbons (Fsp3) is 0.364. The molecule has 0 aliphatic carbocycles. The largest absolute Gasteiger partial charge is 0.355 e. The lowest BCUT2D eigenvalue weighted by Crippen LogP contribution is -2.34. The van der Waals surface area contributed by atoms with E-state index in [1.807, 2.05) is 48.5 Å². The second-order valence-corrected chi connectivity index (χ2v) is 7.76. The molecule has 0 aromatic heterocycles. The van der Waals surface area contributed by atoms with Crippen molar-refractivity contribution in [1.82, 2.24) is 5.32 Å². The van der Waals surface area contributed by atoms with Crippen LogP contribution in [0.1, 0.15) is 37.3 Å². The Kier molecular flexibility index (Phi) is 6.17. The van der Waals surface area contributed by atoms with E-state index in [1.54, 1.807) is 4.90 Å². The molecule has 0 radical (unpaired) electrons. The van der Waals surface area contributed by atoms with Gasteiger partial charge in [0.25, 0.3) is 0 Å². The van der Waals surface area contributed by atoms with Crippen LogP contribution in [-0.4, -0.2) is 24.9 Å². The van der Waals surface area contributed by atoms with Gasteiger partial charge in [0.2, 0.25) is 11.8 Å². The maximum Gasteiger partial charge on any atom is 0.227 e. The number of nitrogens with zero attached hydrogens (tertiary/aromatic N) is 1. The Hall–Kier alpha value is -2.33. The summed E-state index contributed by atoms with van der Waals surface area (Å²) < 4.78 is 0. The molecule has 2 aromatic carbocycles. The summed E-state index contributed by atoms with van der Waals surface area (Å²) in [4.78, 5) is 26.5. The molecular formula is C22H25ClN2O2. The van der Waals surface area contributed by atoms with E-state index in [-0.39, 0.29) is 24.2 Å². The van der Waals surface area contributed by atoms with Gasteiger partial charge in [-0.2, -0.15) is 0 Å². The molecule has 1 aliphatic rings. The number of anilines is 1. The van der Waals surface area contributed by atoms with Crippen LogP contribution in [0.5, 0.6) is 0 Å². The molecule has 1 heterocycles. The number of carbonyl (C=O) groups is 2. The molecule has 0 spiro atoms. The van der Waals surface area contributed by atoms with Crippen molar-refractivity contribution >= 4 is 29.1 Å². The van der Waals surface area contributed by atoms with Crippen molar-refractivity contribution in [2.45, 2.75) is 32.6 Å². The minimum atomic E-state index is -0.304. The van der Waals surface area contributed by atoms with Gasteiger partial charge in [0.05, 0.1) is 5.92 Å². The van der Waals surface area contributed by atoms with Crippen molar-refractivity contribution in [3.63, 3.8) is 0 Å². The van der Waals surface area contributed by atoms with Crippen LogP contribution in [-0.2, 0) is 16.0 Å². The Balaban J connectivity index is 1.54. The SMILES string of the molecule is CC(C)c1ccc(N2CC(C(=O)NCCc3cccc(Cl)c3)CC2=O)cc1. The minimum absolute atomic E-state index is 0.00212. The normalized spacial score (nSPS) is 16.8. The van der Waals surface area contributed by atoms with E-state index in [4.69, 9.17) is 11.6 Å². The third kappa shape index (κ3) is 4.89. The van der Waals surface area contributed by atoms with Crippen LogP contribution in [0.3, 0.4) is 0 Å². The van der Waals surface area contributed by atoms with Gasteiger partial charge in [-0.1, -0.05) is 49.7 Å². The molecule has 142 valence electrons. The van der Waals surface area contributed by atoms with Gasteiger partial charge in [-0.25, -0.2) is 0 Å². The third-order valence-corrected chi connectivity index (χ3v) is 5.20. The molecule has 5 heteroatoms. The van der Waals surface area contributed by atoms with Gasteiger partial charge in [-0.05, 0) is 47.7 Å². The average molecular weight is 385 g/mol. The highest BCUT2D eigenvalue weighted by Crippen LogP contribution is 2.27. The van der Waals surface area contributed by atoms with Crippen LogP contribution in [0.15, 0.2) is 48.5 Å². The monoisotopic (exact) mass is 384 g/mol. The first-order valence-electron chi connectivity index (χ1n) is 9.36. The molecule has 3 rings (SSSR count). The number of carbonyl (C=O) groups excluding carboxylic acids is 2. The van der Waals surface area contributed by atoms with Gasteiger partial charge in [-0.3, -0.25) is 9.59 Å². The summed E-state index contributed by atoms with van der Waals surface area (Å²) >= 11 is 5.98. The average Bonchev–Trinajstić information content (AvgIpc) is 3.03. The van der Waals surface area contributed by atoms with Gasteiger partial charge in [0, 0.05) is 30.2 Å². The van der Waals surface area contributed by atoms with E-state index in [0.29, 0.717) is 30.5 Å². The maximum atomic E-state index is 12.5. The van der Waals surface area contributed by atoms with Gasteiger partial charge in [0.1, 0.15) is 0 Å². The number of amides is 2. The zero-order valence-corrected chi connectivity index (χ0v) is 16.5. The highest BCUT2D eigenvalue weighted by atomic mass is 35.5. The number of hydrogen-bond donors (Lipinski definition) is 1. The molecule has 27 heavy (non-hydrogen) atoms. The molecule has 4 nitrogen and oxygen atoms in total. The first-order chi connectivity index (χ1) is 12.9. The summed E-state index contributed by atoms with van der Waals surface area (Å²) in [6, 6.07) is 15.6. The Morgan fingerprint density at radius 3 is 2.63 bits per heavy atom. The van der Waals surface area contributed by atoms with E-state index in [1.165, 1.54) is 5.56 Å². The van der Waals surface area contributed by atoms with E-state index < -0.39 is 0 Å². The molecule has 1 saturated heterocycles. The van der Waals surface area contributed by atoms with Gasteiger partial charge < -0.3 is 10.2 Å². The number of nitrogens with one attached hydrogen (secondary N) is 1. The molecule has 1 aliphatic heterocycles. The molecule has 1 N–H and O–H groups in total. The maximum absolute atomic E-state index is 12.5. The van der Waals surface area contributed by atoms with Crippen molar-refractivity contribution in [1.29, 1.82) is 0 Å². The van der Waals surface area contributed by atoms with E-state index >= 15 is 0 Å². The summed E-state index contributed by atoms with van der Waals surface area (Å²) in [5.41, 5.74) is 3.18. The molecule has 0 bridgehead atoms. The highest BCUT2D eigenvalue weighted by Gasteiger charge is 2.34. The number of hydrogen-bond acceptors (Lipinski definition) is 2.